The molecule has 0 aromatic carbocycles. The first-order valence-electron chi connectivity index (χ1n) is 4.20. The van der Waals surface area contributed by atoms with Gasteiger partial charge in [0.25, 0.3) is 0 Å². The molecular weight excluding hydrogens is 182 g/mol. The molecule has 4 nitrogen and oxygen atoms in total. The quantitative estimate of drug-likeness (QED) is 0.753. The average molecular weight is 193 g/mol. The zero-order chi connectivity index (χ0) is 10.4. The number of carbonyl (C=O) groups is 1. The Morgan fingerprint density at radius 2 is 2.36 bits per heavy atom. The summed E-state index contributed by atoms with van der Waals surface area (Å²) in [6.07, 6.45) is 6.79. The highest BCUT2D eigenvalue weighted by Gasteiger charge is 2.05. The summed E-state index contributed by atoms with van der Waals surface area (Å²) in [5.41, 5.74) is 0.766. The van der Waals surface area contributed by atoms with Gasteiger partial charge in [-0.25, -0.2) is 4.79 Å². The summed E-state index contributed by atoms with van der Waals surface area (Å²) >= 11 is 0. The zero-order valence-corrected chi connectivity index (χ0v) is 7.55. The van der Waals surface area contributed by atoms with E-state index in [0.717, 1.165) is 0 Å². The second-order valence-corrected chi connectivity index (χ2v) is 2.68. The summed E-state index contributed by atoms with van der Waals surface area (Å²) in [5, 5.41) is 17.4. The average Bonchev–Trinajstić information content (AvgIpc) is 2.19. The fourth-order valence-corrected chi connectivity index (χ4v) is 1.02. The number of hydrogen-bond acceptors (Lipinski definition) is 3. The molecule has 2 N–H and O–H groups in total. The lowest BCUT2D eigenvalue weighted by Crippen LogP contribution is -1.99. The molecule has 1 heterocycles. The number of nitrogens with zero attached hydrogens (tertiary/aromatic N) is 1. The fraction of sp³-hybridized carbons (Fsp3) is 0.200. The molecule has 0 amide bonds. The van der Waals surface area contributed by atoms with E-state index in [1.54, 1.807) is 12.2 Å². The predicted octanol–water partition coefficient (Wildman–Crippen LogP) is 1.18. The van der Waals surface area contributed by atoms with E-state index in [4.69, 9.17) is 10.2 Å². The number of rotatable bonds is 4. The highest BCUT2D eigenvalue weighted by atomic mass is 16.4. The molecule has 0 bridgehead atoms. The van der Waals surface area contributed by atoms with E-state index in [-0.39, 0.29) is 12.2 Å². The zero-order valence-electron chi connectivity index (χ0n) is 7.55. The highest BCUT2D eigenvalue weighted by molar-refractivity contribution is 5.91. The van der Waals surface area contributed by atoms with Crippen molar-refractivity contribution in [2.75, 3.05) is 6.61 Å². The summed E-state index contributed by atoms with van der Waals surface area (Å²) < 4.78 is 0. The van der Waals surface area contributed by atoms with Gasteiger partial charge >= 0.3 is 5.97 Å². The van der Waals surface area contributed by atoms with Crippen LogP contribution in [0.25, 0.3) is 6.08 Å². The molecule has 74 valence electrons. The topological polar surface area (TPSA) is 70.4 Å². The Kier molecular flexibility index (Phi) is 3.82. The SMILES string of the molecule is O=C(O)c1ccncc1C=CCCO. The lowest BCUT2D eigenvalue weighted by atomic mass is 10.1. The molecule has 0 spiro atoms. The molecule has 0 saturated carbocycles. The van der Waals surface area contributed by atoms with E-state index in [1.165, 1.54) is 18.5 Å². The van der Waals surface area contributed by atoms with Gasteiger partial charge in [0.2, 0.25) is 0 Å². The van der Waals surface area contributed by atoms with Crippen molar-refractivity contribution >= 4 is 12.0 Å². The molecule has 1 rings (SSSR count). The van der Waals surface area contributed by atoms with E-state index in [2.05, 4.69) is 4.98 Å². The van der Waals surface area contributed by atoms with Crippen LogP contribution in [0.4, 0.5) is 0 Å². The number of aliphatic hydroxyl groups excluding tert-OH is 1. The summed E-state index contributed by atoms with van der Waals surface area (Å²) in [7, 11) is 0. The Morgan fingerprint density at radius 1 is 1.57 bits per heavy atom. The lowest BCUT2D eigenvalue weighted by Gasteiger charge is -1.98. The molecule has 1 aromatic heterocycles. The molecule has 1 aromatic rings. The van der Waals surface area contributed by atoms with Gasteiger partial charge in [0.05, 0.1) is 5.56 Å². The second-order valence-electron chi connectivity index (χ2n) is 2.68. The summed E-state index contributed by atoms with van der Waals surface area (Å²) in [5.74, 6) is -0.976. The third-order valence-corrected chi connectivity index (χ3v) is 1.68. The van der Waals surface area contributed by atoms with Crippen molar-refractivity contribution < 1.29 is 15.0 Å². The Hall–Kier alpha value is -1.68. The molecule has 14 heavy (non-hydrogen) atoms. The van der Waals surface area contributed by atoms with Gasteiger partial charge in [-0.2, -0.15) is 0 Å². The molecule has 0 saturated heterocycles. The van der Waals surface area contributed by atoms with Crippen molar-refractivity contribution in [1.29, 1.82) is 0 Å². The molecule has 0 radical (unpaired) electrons. The maximum absolute atomic E-state index is 10.7. The van der Waals surface area contributed by atoms with Crippen molar-refractivity contribution in [2.24, 2.45) is 0 Å². The van der Waals surface area contributed by atoms with Crippen molar-refractivity contribution in [1.82, 2.24) is 4.98 Å². The molecule has 0 unspecified atom stereocenters. The molecule has 0 fully saturated rings. The first-order chi connectivity index (χ1) is 6.75. The number of hydrogen-bond donors (Lipinski definition) is 2. The number of carboxylic acid groups (broad SMARTS) is 1. The maximum Gasteiger partial charge on any atom is 0.336 e. The van der Waals surface area contributed by atoms with Gasteiger partial charge in [-0.3, -0.25) is 4.98 Å². The van der Waals surface area contributed by atoms with Gasteiger partial charge in [0.15, 0.2) is 0 Å². The third kappa shape index (κ3) is 2.67. The van der Waals surface area contributed by atoms with E-state index in [0.29, 0.717) is 12.0 Å². The van der Waals surface area contributed by atoms with Crippen LogP contribution in [-0.2, 0) is 0 Å². The number of aromatic carboxylic acids is 1. The number of carboxylic acids is 1. The van der Waals surface area contributed by atoms with Crippen LogP contribution in [0.3, 0.4) is 0 Å². The number of aromatic nitrogens is 1. The van der Waals surface area contributed by atoms with Gasteiger partial charge in [0.1, 0.15) is 0 Å². The van der Waals surface area contributed by atoms with Gasteiger partial charge in [-0.15, -0.1) is 0 Å². The second kappa shape index (κ2) is 5.14. The summed E-state index contributed by atoms with van der Waals surface area (Å²) in [6.45, 7) is 0.0547. The van der Waals surface area contributed by atoms with E-state index in [9.17, 15) is 4.79 Å². The van der Waals surface area contributed by atoms with Crippen LogP contribution >= 0.6 is 0 Å². The Bertz CT molecular complexity index is 347. The minimum atomic E-state index is -0.976. The molecule has 0 aliphatic rings. The van der Waals surface area contributed by atoms with E-state index < -0.39 is 5.97 Å². The third-order valence-electron chi connectivity index (χ3n) is 1.68. The highest BCUT2D eigenvalue weighted by Crippen LogP contribution is 2.09. The smallest absolute Gasteiger partial charge is 0.336 e. The van der Waals surface area contributed by atoms with Gasteiger partial charge < -0.3 is 10.2 Å². The molecule has 0 atom stereocenters. The van der Waals surface area contributed by atoms with Crippen molar-refractivity contribution in [3.05, 3.63) is 35.7 Å². The summed E-state index contributed by atoms with van der Waals surface area (Å²) in [6, 6.07) is 1.45. The van der Waals surface area contributed by atoms with Crippen molar-refractivity contribution in [3.63, 3.8) is 0 Å². The van der Waals surface area contributed by atoms with Gasteiger partial charge in [0, 0.05) is 24.6 Å². The monoisotopic (exact) mass is 193 g/mol. The Morgan fingerprint density at radius 3 is 3.00 bits per heavy atom. The number of aliphatic hydroxyl groups is 1. The Balaban J connectivity index is 2.90. The van der Waals surface area contributed by atoms with E-state index in [1.807, 2.05) is 0 Å². The number of pyridine rings is 1. The first-order valence-corrected chi connectivity index (χ1v) is 4.20. The fourth-order valence-electron chi connectivity index (χ4n) is 1.02. The maximum atomic E-state index is 10.7. The van der Waals surface area contributed by atoms with Gasteiger partial charge in [-0.05, 0) is 12.5 Å². The molecule has 0 aliphatic carbocycles. The minimum Gasteiger partial charge on any atom is -0.478 e. The molecule has 0 aliphatic heterocycles. The minimum absolute atomic E-state index is 0.0547. The standard InChI is InChI=1S/C10H11NO3/c12-6-2-1-3-8-7-11-5-4-9(8)10(13)14/h1,3-5,7,12H,2,6H2,(H,13,14). The Labute approximate surface area is 81.5 Å². The molecular formula is C10H11NO3. The van der Waals surface area contributed by atoms with E-state index >= 15 is 0 Å². The van der Waals surface area contributed by atoms with Crippen LogP contribution in [0.15, 0.2) is 24.5 Å². The van der Waals surface area contributed by atoms with Gasteiger partial charge in [-0.1, -0.05) is 12.2 Å². The van der Waals surface area contributed by atoms with Crippen molar-refractivity contribution in [3.8, 4) is 0 Å². The van der Waals surface area contributed by atoms with Crippen LogP contribution in [-0.4, -0.2) is 27.8 Å². The van der Waals surface area contributed by atoms with Crippen LogP contribution < -0.4 is 0 Å². The largest absolute Gasteiger partial charge is 0.478 e. The lowest BCUT2D eigenvalue weighted by molar-refractivity contribution is 0.0696. The van der Waals surface area contributed by atoms with Crippen LogP contribution in [0.5, 0.6) is 0 Å². The van der Waals surface area contributed by atoms with Crippen LogP contribution in [0.1, 0.15) is 22.3 Å². The van der Waals surface area contributed by atoms with Crippen LogP contribution in [0.2, 0.25) is 0 Å². The predicted molar refractivity (Wildman–Crippen MR) is 51.9 cm³/mol. The van der Waals surface area contributed by atoms with Crippen molar-refractivity contribution in [2.45, 2.75) is 6.42 Å². The molecule has 4 heteroatoms. The summed E-state index contributed by atoms with van der Waals surface area (Å²) in [4.78, 5) is 14.6. The first kappa shape index (κ1) is 10.4. The van der Waals surface area contributed by atoms with Crippen LogP contribution in [0, 0.1) is 0 Å². The normalized spacial score (nSPS) is 10.6.